The number of nitrogens with zero attached hydrogens (tertiary/aromatic N) is 1. The molecule has 7 rings (SSSR count). The van der Waals surface area contributed by atoms with Gasteiger partial charge in [0, 0.05) is 47.2 Å². The van der Waals surface area contributed by atoms with E-state index >= 15 is 0 Å². The first-order valence-corrected chi connectivity index (χ1v) is 16.3. The standard InChI is InChI=1S/C32H39ClN2O4S/c1-20-17-38-30-15-29(20)37-11-12-40-34-31(36)22-5-9-28-27(14-22)35(16-23-4-7-25(23)30)18-32(19-39-28)10-2-3-21-13-24(33)6-8-26(21)32/h5-6,8-9,13-14,20,23,25,29-30H,2-4,7,10-12,15-19H2,1H3,(H,34,36)/t20-,23-,25+,29+,30+,32-/m0/s1. The second-order valence-electron chi connectivity index (χ2n) is 12.6. The van der Waals surface area contributed by atoms with Crippen molar-refractivity contribution in [2.75, 3.05) is 43.6 Å². The second kappa shape index (κ2) is 11.0. The summed E-state index contributed by atoms with van der Waals surface area (Å²) in [6.07, 6.45) is 7.08. The summed E-state index contributed by atoms with van der Waals surface area (Å²) in [5.41, 5.74) is 4.29. The number of ether oxygens (including phenoxy) is 3. The molecular formula is C32H39ClN2O4S. The zero-order valence-corrected chi connectivity index (χ0v) is 24.8. The fourth-order valence-corrected chi connectivity index (χ4v) is 8.43. The van der Waals surface area contributed by atoms with E-state index in [0.29, 0.717) is 36.5 Å². The molecule has 1 saturated heterocycles. The van der Waals surface area contributed by atoms with Crippen LogP contribution in [0, 0.1) is 17.8 Å². The van der Waals surface area contributed by atoms with Crippen molar-refractivity contribution in [2.24, 2.45) is 17.8 Å². The Kier molecular flexibility index (Phi) is 7.44. The molecule has 1 spiro atoms. The van der Waals surface area contributed by atoms with Gasteiger partial charge in [0.1, 0.15) is 5.75 Å². The van der Waals surface area contributed by atoms with Crippen molar-refractivity contribution >= 4 is 35.1 Å². The summed E-state index contributed by atoms with van der Waals surface area (Å²) in [5, 5.41) is 0.800. The van der Waals surface area contributed by atoms with Gasteiger partial charge < -0.3 is 19.1 Å². The van der Waals surface area contributed by atoms with Gasteiger partial charge in [-0.1, -0.05) is 24.6 Å². The van der Waals surface area contributed by atoms with E-state index in [2.05, 4.69) is 28.7 Å². The van der Waals surface area contributed by atoms with Gasteiger partial charge >= 0.3 is 0 Å². The highest BCUT2D eigenvalue weighted by molar-refractivity contribution is 7.97. The normalized spacial score (nSPS) is 34.0. The van der Waals surface area contributed by atoms with Crippen LogP contribution in [-0.2, 0) is 21.3 Å². The maximum atomic E-state index is 13.2. The topological polar surface area (TPSA) is 60.0 Å². The SMILES string of the molecule is C[C@H]1CO[C@@H]2C[C@H]1OCCSNC(=O)c1ccc3c(c1)N(C[C@@H]1CC[C@H]12)C[C@@]1(CCCc2cc(Cl)ccc21)CO3. The fraction of sp³-hybridized carbons (Fsp3) is 0.594. The van der Waals surface area contributed by atoms with Gasteiger partial charge in [0.2, 0.25) is 0 Å². The smallest absolute Gasteiger partial charge is 0.261 e. The van der Waals surface area contributed by atoms with Crippen LogP contribution in [0.15, 0.2) is 36.4 Å². The first kappa shape index (κ1) is 26.9. The van der Waals surface area contributed by atoms with Crippen molar-refractivity contribution in [2.45, 2.75) is 63.1 Å². The number of hydrogen-bond donors (Lipinski definition) is 1. The van der Waals surface area contributed by atoms with Gasteiger partial charge in [-0.25, -0.2) is 0 Å². The molecule has 5 aliphatic rings. The number of hydrogen-bond acceptors (Lipinski definition) is 6. The van der Waals surface area contributed by atoms with Crippen molar-refractivity contribution in [1.82, 2.24) is 4.72 Å². The minimum absolute atomic E-state index is 0.0718. The molecule has 6 nitrogen and oxygen atoms in total. The maximum Gasteiger partial charge on any atom is 0.261 e. The van der Waals surface area contributed by atoms with Crippen molar-refractivity contribution in [3.8, 4) is 5.75 Å². The van der Waals surface area contributed by atoms with Gasteiger partial charge in [0.15, 0.2) is 0 Å². The van der Waals surface area contributed by atoms with E-state index in [1.54, 1.807) is 0 Å². The number of carbonyl (C=O) groups is 1. The third kappa shape index (κ3) is 5.01. The molecule has 1 amide bonds. The molecule has 1 N–H and O–H groups in total. The third-order valence-corrected chi connectivity index (χ3v) is 11.0. The summed E-state index contributed by atoms with van der Waals surface area (Å²) in [5.74, 6) is 2.98. The number of aryl methyl sites for hydroxylation is 1. The zero-order chi connectivity index (χ0) is 27.3. The number of benzene rings is 2. The average molecular weight is 583 g/mol. The van der Waals surface area contributed by atoms with E-state index < -0.39 is 0 Å². The first-order chi connectivity index (χ1) is 19.5. The summed E-state index contributed by atoms with van der Waals surface area (Å²) in [6.45, 7) is 6.05. The predicted molar refractivity (Wildman–Crippen MR) is 160 cm³/mol. The molecule has 0 aromatic heterocycles. The van der Waals surface area contributed by atoms with E-state index in [9.17, 15) is 4.79 Å². The van der Waals surface area contributed by atoms with Gasteiger partial charge in [-0.2, -0.15) is 0 Å². The maximum absolute atomic E-state index is 13.2. The quantitative estimate of drug-likeness (QED) is 0.382. The number of anilines is 1. The van der Waals surface area contributed by atoms with E-state index in [1.807, 2.05) is 24.3 Å². The summed E-state index contributed by atoms with van der Waals surface area (Å²) in [6, 6.07) is 12.3. The number of fused-ring (bicyclic) bond motifs is 7. The largest absolute Gasteiger partial charge is 0.490 e. The van der Waals surface area contributed by atoms with Crippen LogP contribution in [0.3, 0.4) is 0 Å². The lowest BCUT2D eigenvalue weighted by Gasteiger charge is -2.48. The van der Waals surface area contributed by atoms with Gasteiger partial charge in [-0.05, 0) is 97.3 Å². The predicted octanol–water partition coefficient (Wildman–Crippen LogP) is 6.04. The lowest BCUT2D eigenvalue weighted by molar-refractivity contribution is -0.139. The Morgan fingerprint density at radius 2 is 2.05 bits per heavy atom. The van der Waals surface area contributed by atoms with Crippen LogP contribution >= 0.6 is 23.5 Å². The summed E-state index contributed by atoms with van der Waals surface area (Å²) in [4.78, 5) is 15.7. The Bertz CT molecular complexity index is 1280. The third-order valence-electron chi connectivity index (χ3n) is 10.1. The highest BCUT2D eigenvalue weighted by Crippen LogP contribution is 2.47. The van der Waals surface area contributed by atoms with E-state index in [1.165, 1.54) is 35.9 Å². The molecule has 2 aliphatic carbocycles. The molecule has 214 valence electrons. The Hall–Kier alpha value is -1.93. The van der Waals surface area contributed by atoms with Crippen molar-refractivity contribution in [1.29, 1.82) is 0 Å². The van der Waals surface area contributed by atoms with Crippen LogP contribution in [0.2, 0.25) is 5.02 Å². The summed E-state index contributed by atoms with van der Waals surface area (Å²) < 4.78 is 22.4. The van der Waals surface area contributed by atoms with Gasteiger partial charge in [-0.15, -0.1) is 0 Å². The van der Waals surface area contributed by atoms with Crippen molar-refractivity contribution in [3.05, 3.63) is 58.1 Å². The average Bonchev–Trinajstić information content (AvgIpc) is 3.09. The molecule has 2 fully saturated rings. The van der Waals surface area contributed by atoms with Crippen molar-refractivity contribution < 1.29 is 19.0 Å². The molecule has 4 bridgehead atoms. The molecule has 3 heterocycles. The molecular weight excluding hydrogens is 544 g/mol. The van der Waals surface area contributed by atoms with Crippen LogP contribution in [-0.4, -0.2) is 56.8 Å². The van der Waals surface area contributed by atoms with Crippen molar-refractivity contribution in [3.63, 3.8) is 0 Å². The molecule has 8 heteroatoms. The Balaban J connectivity index is 1.26. The Morgan fingerprint density at radius 1 is 1.12 bits per heavy atom. The van der Waals surface area contributed by atoms with Gasteiger partial charge in [-0.3, -0.25) is 9.52 Å². The lowest BCUT2D eigenvalue weighted by atomic mass is 9.67. The molecule has 0 unspecified atom stereocenters. The zero-order valence-electron chi connectivity index (χ0n) is 23.2. The molecule has 40 heavy (non-hydrogen) atoms. The van der Waals surface area contributed by atoms with E-state index in [0.717, 1.165) is 67.6 Å². The molecule has 2 aromatic carbocycles. The summed E-state index contributed by atoms with van der Waals surface area (Å²) in [7, 11) is 0. The van der Waals surface area contributed by atoms with E-state index in [4.69, 9.17) is 25.8 Å². The fourth-order valence-electron chi connectivity index (χ4n) is 7.71. The van der Waals surface area contributed by atoms with Crippen LogP contribution in [0.25, 0.3) is 0 Å². The first-order valence-electron chi connectivity index (χ1n) is 15.0. The minimum atomic E-state index is -0.120. The number of nitrogens with one attached hydrogen (secondary N) is 1. The summed E-state index contributed by atoms with van der Waals surface area (Å²) >= 11 is 7.85. The highest BCUT2D eigenvalue weighted by Gasteiger charge is 2.46. The lowest BCUT2D eigenvalue weighted by Crippen LogP contribution is -2.51. The molecule has 2 aromatic rings. The van der Waals surface area contributed by atoms with Crippen LogP contribution in [0.4, 0.5) is 5.69 Å². The Morgan fingerprint density at radius 3 is 2.92 bits per heavy atom. The molecule has 6 atom stereocenters. The van der Waals surface area contributed by atoms with Crippen LogP contribution < -0.4 is 14.4 Å². The minimum Gasteiger partial charge on any atom is -0.490 e. The molecule has 0 radical (unpaired) electrons. The monoisotopic (exact) mass is 582 g/mol. The number of amides is 1. The number of halogens is 1. The number of rotatable bonds is 0. The molecule has 3 aliphatic heterocycles. The highest BCUT2D eigenvalue weighted by atomic mass is 35.5. The van der Waals surface area contributed by atoms with Gasteiger partial charge in [0.25, 0.3) is 5.91 Å². The van der Waals surface area contributed by atoms with Crippen LogP contribution in [0.5, 0.6) is 5.75 Å². The van der Waals surface area contributed by atoms with E-state index in [-0.39, 0.29) is 23.5 Å². The van der Waals surface area contributed by atoms with Crippen LogP contribution in [0.1, 0.15) is 60.5 Å². The molecule has 1 saturated carbocycles. The van der Waals surface area contributed by atoms with Gasteiger partial charge in [0.05, 0.1) is 37.7 Å². The second-order valence-corrected chi connectivity index (χ2v) is 13.9. The Labute approximate surface area is 246 Å². The number of carbonyl (C=O) groups excluding carboxylic acids is 1.